The van der Waals surface area contributed by atoms with Gasteiger partial charge in [0.05, 0.1) is 13.2 Å². The number of allylic oxidation sites excluding steroid dienone is 18. The molecule has 4 heteroatoms. The van der Waals surface area contributed by atoms with Gasteiger partial charge >= 0.3 is 5.97 Å². The van der Waals surface area contributed by atoms with Gasteiger partial charge in [-0.2, -0.15) is 0 Å². The van der Waals surface area contributed by atoms with E-state index in [0.717, 1.165) is 60.8 Å². The minimum atomic E-state index is -0.122. The van der Waals surface area contributed by atoms with Gasteiger partial charge in [0.25, 0.3) is 0 Å². The molecule has 0 unspecified atom stereocenters. The molecule has 46 heavy (non-hydrogen) atoms. The Morgan fingerprint density at radius 2 is 1.65 bits per heavy atom. The second-order valence-electron chi connectivity index (χ2n) is 14.0. The molecule has 4 nitrogen and oxygen atoms in total. The lowest BCUT2D eigenvalue weighted by Gasteiger charge is -2.22. The zero-order chi connectivity index (χ0) is 32.7. The van der Waals surface area contributed by atoms with E-state index in [1.807, 2.05) is 0 Å². The van der Waals surface area contributed by atoms with Crippen molar-refractivity contribution >= 4 is 11.8 Å². The molecule has 242 valence electrons. The molecule has 6 rings (SSSR count). The maximum Gasteiger partial charge on any atom is 0.305 e. The zero-order valence-corrected chi connectivity index (χ0v) is 28.7. The summed E-state index contributed by atoms with van der Waals surface area (Å²) in [6.07, 6.45) is 19.9. The summed E-state index contributed by atoms with van der Waals surface area (Å²) in [4.78, 5) is 26.5. The predicted octanol–water partition coefficient (Wildman–Crippen LogP) is 9.54. The van der Waals surface area contributed by atoms with E-state index in [4.69, 9.17) is 4.74 Å². The van der Waals surface area contributed by atoms with Gasteiger partial charge in [0.15, 0.2) is 5.78 Å². The third kappa shape index (κ3) is 5.79. The number of fused-ring (bicyclic) bond motifs is 6. The van der Waals surface area contributed by atoms with Crippen LogP contribution in [0.4, 0.5) is 0 Å². The van der Waals surface area contributed by atoms with Gasteiger partial charge in [-0.1, -0.05) is 64.3 Å². The zero-order valence-electron chi connectivity index (χ0n) is 28.7. The van der Waals surface area contributed by atoms with E-state index in [9.17, 15) is 14.7 Å². The van der Waals surface area contributed by atoms with Crippen LogP contribution in [0.1, 0.15) is 106 Å². The first-order chi connectivity index (χ1) is 22.2. The lowest BCUT2D eigenvalue weighted by atomic mass is 9.82. The second-order valence-corrected chi connectivity index (χ2v) is 14.0. The van der Waals surface area contributed by atoms with Gasteiger partial charge in [-0.25, -0.2) is 0 Å². The molecule has 0 heterocycles. The molecule has 0 aromatic rings. The van der Waals surface area contributed by atoms with E-state index in [1.165, 1.54) is 67.7 Å². The topological polar surface area (TPSA) is 63.6 Å². The van der Waals surface area contributed by atoms with Crippen LogP contribution >= 0.6 is 0 Å². The molecule has 2 atom stereocenters. The number of carbonyl (C=O) groups excluding carboxylic acids is 2. The molecular formula is C42H50O4. The van der Waals surface area contributed by atoms with Crippen molar-refractivity contribution in [3.05, 3.63) is 114 Å². The van der Waals surface area contributed by atoms with E-state index < -0.39 is 0 Å². The van der Waals surface area contributed by atoms with Crippen molar-refractivity contribution in [3.63, 3.8) is 0 Å². The molecule has 0 aromatic heterocycles. The average Bonchev–Trinajstić information content (AvgIpc) is 3.78. The Morgan fingerprint density at radius 3 is 2.39 bits per heavy atom. The van der Waals surface area contributed by atoms with Crippen molar-refractivity contribution in [3.8, 4) is 0 Å². The van der Waals surface area contributed by atoms with Gasteiger partial charge in [-0.15, -0.1) is 0 Å². The summed E-state index contributed by atoms with van der Waals surface area (Å²) >= 11 is 0. The summed E-state index contributed by atoms with van der Waals surface area (Å²) in [6, 6.07) is 0. The van der Waals surface area contributed by atoms with Crippen molar-refractivity contribution in [1.29, 1.82) is 0 Å². The first-order valence-corrected chi connectivity index (χ1v) is 17.6. The van der Waals surface area contributed by atoms with E-state index in [-0.39, 0.29) is 30.2 Å². The fraction of sp³-hybridized carbons (Fsp3) is 0.476. The summed E-state index contributed by atoms with van der Waals surface area (Å²) < 4.78 is 5.63. The molecule has 6 aliphatic carbocycles. The number of rotatable bonds is 10. The van der Waals surface area contributed by atoms with Crippen LogP contribution in [0.2, 0.25) is 0 Å². The summed E-state index contributed by atoms with van der Waals surface area (Å²) in [5, 5.41) is 10.5. The normalized spacial score (nSPS) is 24.0. The number of ether oxygens (including phenoxy) is 1. The van der Waals surface area contributed by atoms with Crippen molar-refractivity contribution < 1.29 is 19.4 Å². The minimum Gasteiger partial charge on any atom is -0.466 e. The Kier molecular flexibility index (Phi) is 9.39. The lowest BCUT2D eigenvalue weighted by molar-refractivity contribution is -0.144. The molecule has 0 spiro atoms. The molecule has 6 aliphatic rings. The highest BCUT2D eigenvalue weighted by Gasteiger charge is 2.41. The monoisotopic (exact) mass is 618 g/mol. The SMILES string of the molecule is CCCCCCOC(=O)CC[C@@H]1C2=CC(=CC3=C(C)C(CO)=C(C=C4C=C(C=C5CC6=C2CC(=O)C6=C5C)C(CC)=C4C)C3)[C@H]1C. The molecule has 0 fully saturated rings. The number of Topliss-reactive ketones (excluding diaryl/α,β-unsaturated/α-hetero) is 1. The first-order valence-electron chi connectivity index (χ1n) is 17.6. The highest BCUT2D eigenvalue weighted by Crippen LogP contribution is 2.52. The second kappa shape index (κ2) is 13.3. The van der Waals surface area contributed by atoms with Crippen molar-refractivity contribution in [2.45, 2.75) is 106 Å². The third-order valence-electron chi connectivity index (χ3n) is 11.4. The fourth-order valence-electron chi connectivity index (χ4n) is 8.57. The summed E-state index contributed by atoms with van der Waals surface area (Å²) in [7, 11) is 0. The van der Waals surface area contributed by atoms with Crippen LogP contribution in [0, 0.1) is 11.8 Å². The van der Waals surface area contributed by atoms with Crippen LogP contribution < -0.4 is 0 Å². The largest absolute Gasteiger partial charge is 0.466 e. The van der Waals surface area contributed by atoms with Gasteiger partial charge in [0, 0.05) is 18.4 Å². The summed E-state index contributed by atoms with van der Waals surface area (Å²) in [6.45, 7) is 13.7. The number of unbranched alkanes of at least 4 members (excludes halogenated alkanes) is 3. The van der Waals surface area contributed by atoms with E-state index >= 15 is 0 Å². The summed E-state index contributed by atoms with van der Waals surface area (Å²) in [5.41, 5.74) is 17.8. The number of aliphatic hydroxyl groups excluding tert-OH is 1. The molecular weight excluding hydrogens is 568 g/mol. The van der Waals surface area contributed by atoms with Gasteiger partial charge in [0.1, 0.15) is 0 Å². The molecule has 0 saturated carbocycles. The smallest absolute Gasteiger partial charge is 0.305 e. The minimum absolute atomic E-state index is 0.0204. The molecule has 0 aliphatic heterocycles. The molecule has 0 saturated heterocycles. The van der Waals surface area contributed by atoms with Crippen molar-refractivity contribution in [2.24, 2.45) is 11.8 Å². The Bertz CT molecular complexity index is 1700. The highest BCUT2D eigenvalue weighted by molar-refractivity contribution is 6.08. The lowest BCUT2D eigenvalue weighted by Crippen LogP contribution is -2.15. The van der Waals surface area contributed by atoms with Gasteiger partial charge in [-0.05, 0) is 149 Å². The Morgan fingerprint density at radius 1 is 0.848 bits per heavy atom. The Labute approximate surface area is 275 Å². The van der Waals surface area contributed by atoms with E-state index in [1.54, 1.807) is 0 Å². The Hall–Kier alpha value is -3.50. The van der Waals surface area contributed by atoms with E-state index in [2.05, 4.69) is 71.9 Å². The Balaban J connectivity index is 1.42. The summed E-state index contributed by atoms with van der Waals surface area (Å²) in [5.74, 6) is 0.447. The number of aliphatic hydroxyl groups is 1. The van der Waals surface area contributed by atoms with Crippen LogP contribution in [0.25, 0.3) is 0 Å². The van der Waals surface area contributed by atoms with Crippen LogP contribution in [0.3, 0.4) is 0 Å². The van der Waals surface area contributed by atoms with Gasteiger partial charge in [0.2, 0.25) is 0 Å². The fourth-order valence-corrected chi connectivity index (χ4v) is 8.57. The van der Waals surface area contributed by atoms with Gasteiger partial charge in [-0.3, -0.25) is 9.59 Å². The van der Waals surface area contributed by atoms with Gasteiger partial charge < -0.3 is 9.84 Å². The maximum atomic E-state index is 13.7. The molecule has 0 aromatic carbocycles. The number of hydrogen-bond acceptors (Lipinski definition) is 4. The number of hydrogen-bond donors (Lipinski definition) is 1. The van der Waals surface area contributed by atoms with Crippen molar-refractivity contribution in [1.82, 2.24) is 0 Å². The number of ketones is 1. The quantitative estimate of drug-likeness (QED) is 0.196. The van der Waals surface area contributed by atoms with Crippen LogP contribution in [-0.2, 0) is 14.3 Å². The molecule has 0 radical (unpaired) electrons. The third-order valence-corrected chi connectivity index (χ3v) is 11.4. The standard InChI is InChI=1S/C42H50O4/c1-7-9-10-11-14-46-41(45)13-12-35-25(4)30-15-28-17-33(39(23-43)26(28)5)18-29-16-32(34(8-2)24(29)3)19-31-21-38-37(36(35)20-30)22-40(44)42(38)27(31)6/h15-16,18-20,25,35,43H,7-14,17,21-23H2,1-6H3/t25-,35+/m1/s1. The first kappa shape index (κ1) is 32.4. The number of carbonyl (C=O) groups is 2. The predicted molar refractivity (Wildman–Crippen MR) is 186 cm³/mol. The molecule has 1 N–H and O–H groups in total. The van der Waals surface area contributed by atoms with Crippen LogP contribution in [0.15, 0.2) is 114 Å². The average molecular weight is 619 g/mol. The van der Waals surface area contributed by atoms with Crippen LogP contribution in [-0.4, -0.2) is 30.1 Å². The maximum absolute atomic E-state index is 13.7. The number of esters is 1. The van der Waals surface area contributed by atoms with E-state index in [0.29, 0.717) is 25.9 Å². The molecule has 0 amide bonds. The highest BCUT2D eigenvalue weighted by atomic mass is 16.5. The molecule has 8 bridgehead atoms. The van der Waals surface area contributed by atoms with Crippen LogP contribution in [0.5, 0.6) is 0 Å². The van der Waals surface area contributed by atoms with Crippen molar-refractivity contribution in [2.75, 3.05) is 13.2 Å².